The first-order chi connectivity index (χ1) is 12.3. The second kappa shape index (κ2) is 7.28. The van der Waals surface area contributed by atoms with Gasteiger partial charge in [0, 0.05) is 11.8 Å². The molecule has 4 aromatic rings. The third kappa shape index (κ3) is 3.33. The Kier molecular flexibility index (Phi) is 4.72. The van der Waals surface area contributed by atoms with E-state index in [-0.39, 0.29) is 0 Å². The molecule has 2 aromatic carbocycles. The van der Waals surface area contributed by atoms with Crippen LogP contribution in [0.5, 0.6) is 5.75 Å². The van der Waals surface area contributed by atoms with E-state index in [2.05, 4.69) is 11.1 Å². The zero-order valence-corrected chi connectivity index (χ0v) is 13.6. The van der Waals surface area contributed by atoms with Gasteiger partial charge in [0.25, 0.3) is 0 Å². The first kappa shape index (κ1) is 16.2. The molecule has 0 unspecified atom stereocenters. The number of hydrogen-bond acceptors (Lipinski definition) is 4. The summed E-state index contributed by atoms with van der Waals surface area (Å²) in [5.41, 5.74) is 4.15. The topological polar surface area (TPSA) is 67.4 Å². The molecule has 5 heteroatoms. The van der Waals surface area contributed by atoms with Gasteiger partial charge in [-0.1, -0.05) is 12.1 Å². The van der Waals surface area contributed by atoms with E-state index >= 15 is 0 Å². The molecule has 0 bridgehead atoms. The van der Waals surface area contributed by atoms with Gasteiger partial charge in [-0.15, -0.1) is 0 Å². The Morgan fingerprint density at radius 2 is 1.84 bits per heavy atom. The van der Waals surface area contributed by atoms with Crippen molar-refractivity contribution in [3.05, 3.63) is 78.1 Å². The monoisotopic (exact) mass is 329 g/mol. The Balaban J connectivity index is 0.000000160. The quantitative estimate of drug-likeness (QED) is 0.524. The first-order valence-corrected chi connectivity index (χ1v) is 7.61. The van der Waals surface area contributed by atoms with E-state index in [1.54, 1.807) is 37.6 Å². The molecule has 4 rings (SSSR count). The summed E-state index contributed by atoms with van der Waals surface area (Å²) in [5, 5.41) is 8.91. The summed E-state index contributed by atoms with van der Waals surface area (Å²) in [5.74, 6) is 0.769. The third-order valence-electron chi connectivity index (χ3n) is 3.77. The number of nitriles is 1. The number of para-hydroxylation sites is 2. The molecular weight excluding hydrogens is 314 g/mol. The van der Waals surface area contributed by atoms with Gasteiger partial charge >= 0.3 is 0 Å². The predicted molar refractivity (Wildman–Crippen MR) is 95.8 cm³/mol. The molecule has 5 nitrogen and oxygen atoms in total. The smallest absolute Gasteiger partial charge is 0.150 e. The van der Waals surface area contributed by atoms with Gasteiger partial charge in [0.05, 0.1) is 35.4 Å². The molecule has 0 radical (unpaired) electrons. The SMILES string of the molecule is COc1ccc(C=O)cc1.N#Cc1ccn2c1cnc1ccccc12. The highest BCUT2D eigenvalue weighted by molar-refractivity contribution is 5.80. The molecule has 0 saturated heterocycles. The molecule has 0 spiro atoms. The van der Waals surface area contributed by atoms with E-state index in [0.717, 1.165) is 28.6 Å². The number of carbonyl (C=O) groups is 1. The minimum Gasteiger partial charge on any atom is -0.497 e. The minimum absolute atomic E-state index is 0.660. The fourth-order valence-corrected chi connectivity index (χ4v) is 2.47. The van der Waals surface area contributed by atoms with Crippen LogP contribution in [-0.2, 0) is 0 Å². The van der Waals surface area contributed by atoms with E-state index in [1.165, 1.54) is 0 Å². The molecule has 122 valence electrons. The van der Waals surface area contributed by atoms with Crippen LogP contribution in [0.15, 0.2) is 67.0 Å². The Labute approximate surface area is 144 Å². The first-order valence-electron chi connectivity index (χ1n) is 7.61. The van der Waals surface area contributed by atoms with Gasteiger partial charge in [0.1, 0.15) is 18.1 Å². The Bertz CT molecular complexity index is 1060. The van der Waals surface area contributed by atoms with E-state index in [4.69, 9.17) is 10.00 Å². The number of nitrogens with zero attached hydrogens (tertiary/aromatic N) is 3. The molecule has 0 atom stereocenters. The van der Waals surface area contributed by atoms with Crippen molar-refractivity contribution in [2.24, 2.45) is 0 Å². The van der Waals surface area contributed by atoms with Crippen LogP contribution in [0.2, 0.25) is 0 Å². The number of aldehydes is 1. The molecular formula is C20H15N3O2. The van der Waals surface area contributed by atoms with Crippen molar-refractivity contribution in [2.75, 3.05) is 7.11 Å². The van der Waals surface area contributed by atoms with Gasteiger partial charge in [-0.05, 0) is 42.5 Å². The van der Waals surface area contributed by atoms with Gasteiger partial charge in [-0.3, -0.25) is 9.78 Å². The maximum atomic E-state index is 10.2. The van der Waals surface area contributed by atoms with Crippen LogP contribution in [0.3, 0.4) is 0 Å². The maximum absolute atomic E-state index is 10.2. The Morgan fingerprint density at radius 3 is 2.52 bits per heavy atom. The van der Waals surface area contributed by atoms with Crippen molar-refractivity contribution >= 4 is 22.8 Å². The zero-order valence-electron chi connectivity index (χ0n) is 13.6. The summed E-state index contributed by atoms with van der Waals surface area (Å²) in [7, 11) is 1.59. The Hall–Kier alpha value is -3.65. The van der Waals surface area contributed by atoms with Crippen molar-refractivity contribution in [2.45, 2.75) is 0 Å². The number of rotatable bonds is 2. The van der Waals surface area contributed by atoms with Gasteiger partial charge in [-0.25, -0.2) is 0 Å². The van der Waals surface area contributed by atoms with Crippen LogP contribution in [-0.4, -0.2) is 22.8 Å². The number of benzene rings is 2. The molecule has 0 aliphatic carbocycles. The van der Waals surface area contributed by atoms with Crippen molar-refractivity contribution in [3.8, 4) is 11.8 Å². The van der Waals surface area contributed by atoms with Gasteiger partial charge in [0.2, 0.25) is 0 Å². The lowest BCUT2D eigenvalue weighted by atomic mass is 10.2. The van der Waals surface area contributed by atoms with Crippen molar-refractivity contribution in [1.29, 1.82) is 5.26 Å². The summed E-state index contributed by atoms with van der Waals surface area (Å²) in [6.45, 7) is 0. The average Bonchev–Trinajstić information content (AvgIpc) is 3.12. The number of carbonyl (C=O) groups excluding carboxylic acids is 1. The van der Waals surface area contributed by atoms with E-state index in [0.29, 0.717) is 11.1 Å². The van der Waals surface area contributed by atoms with Crippen LogP contribution in [0.4, 0.5) is 0 Å². The van der Waals surface area contributed by atoms with Crippen LogP contribution < -0.4 is 4.74 Å². The zero-order chi connectivity index (χ0) is 17.6. The summed E-state index contributed by atoms with van der Waals surface area (Å²) < 4.78 is 6.88. The predicted octanol–water partition coefficient (Wildman–Crippen LogP) is 3.87. The molecule has 0 aliphatic rings. The van der Waals surface area contributed by atoms with Crippen LogP contribution >= 0.6 is 0 Å². The minimum atomic E-state index is 0.660. The van der Waals surface area contributed by atoms with Gasteiger partial charge in [-0.2, -0.15) is 5.26 Å². The highest BCUT2D eigenvalue weighted by atomic mass is 16.5. The lowest BCUT2D eigenvalue weighted by molar-refractivity contribution is 0.112. The fourth-order valence-electron chi connectivity index (χ4n) is 2.47. The van der Waals surface area contributed by atoms with Crippen molar-refractivity contribution in [1.82, 2.24) is 9.38 Å². The van der Waals surface area contributed by atoms with Gasteiger partial charge < -0.3 is 9.14 Å². The fraction of sp³-hybridized carbons (Fsp3) is 0.0500. The number of methoxy groups -OCH3 is 1. The molecule has 0 amide bonds. The summed E-state index contributed by atoms with van der Waals surface area (Å²) in [6, 6.07) is 18.8. The number of ether oxygens (including phenoxy) is 1. The van der Waals surface area contributed by atoms with Crippen LogP contribution in [0.1, 0.15) is 15.9 Å². The van der Waals surface area contributed by atoms with Crippen molar-refractivity contribution < 1.29 is 9.53 Å². The summed E-state index contributed by atoms with van der Waals surface area (Å²) in [4.78, 5) is 14.5. The largest absolute Gasteiger partial charge is 0.497 e. The molecule has 2 heterocycles. The maximum Gasteiger partial charge on any atom is 0.150 e. The third-order valence-corrected chi connectivity index (χ3v) is 3.77. The molecule has 0 saturated carbocycles. The summed E-state index contributed by atoms with van der Waals surface area (Å²) >= 11 is 0. The second-order valence-electron chi connectivity index (χ2n) is 5.23. The van der Waals surface area contributed by atoms with E-state index < -0.39 is 0 Å². The van der Waals surface area contributed by atoms with Crippen LogP contribution in [0.25, 0.3) is 16.6 Å². The van der Waals surface area contributed by atoms with Crippen LogP contribution in [0, 0.1) is 11.3 Å². The molecule has 0 aliphatic heterocycles. The standard InChI is InChI=1S/C12H7N3.C8H8O2/c13-7-9-5-6-15-11-4-2-1-3-10(11)14-8-12(9)15;1-10-8-4-2-7(6-9)3-5-8/h1-6,8H;2-6H,1H3. The molecule has 2 aromatic heterocycles. The number of aromatic nitrogens is 2. The molecule has 0 N–H and O–H groups in total. The normalized spacial score (nSPS) is 9.92. The van der Waals surface area contributed by atoms with Crippen molar-refractivity contribution in [3.63, 3.8) is 0 Å². The molecule has 25 heavy (non-hydrogen) atoms. The second-order valence-corrected chi connectivity index (χ2v) is 5.23. The Morgan fingerprint density at radius 1 is 1.08 bits per heavy atom. The van der Waals surface area contributed by atoms with E-state index in [9.17, 15) is 4.79 Å². The highest BCUT2D eigenvalue weighted by Crippen LogP contribution is 2.17. The van der Waals surface area contributed by atoms with Gasteiger partial charge in [0.15, 0.2) is 0 Å². The lowest BCUT2D eigenvalue weighted by Crippen LogP contribution is -1.89. The summed E-state index contributed by atoms with van der Waals surface area (Å²) in [6.07, 6.45) is 4.44. The average molecular weight is 329 g/mol. The number of hydrogen-bond donors (Lipinski definition) is 0. The molecule has 0 fully saturated rings. The lowest BCUT2D eigenvalue weighted by Gasteiger charge is -2.00. The highest BCUT2D eigenvalue weighted by Gasteiger charge is 2.04. The van der Waals surface area contributed by atoms with E-state index in [1.807, 2.05) is 40.9 Å². The number of fused-ring (bicyclic) bond motifs is 3.